The number of carbonyl (C=O) groups excluding carboxylic acids is 1. The van der Waals surface area contributed by atoms with Crippen molar-refractivity contribution in [2.75, 3.05) is 6.54 Å². The van der Waals surface area contributed by atoms with Crippen molar-refractivity contribution in [3.8, 4) is 11.8 Å². The summed E-state index contributed by atoms with van der Waals surface area (Å²) in [7, 11) is 0. The maximum absolute atomic E-state index is 12.2. The molecule has 1 fully saturated rings. The van der Waals surface area contributed by atoms with Gasteiger partial charge in [-0.15, -0.1) is 0 Å². The summed E-state index contributed by atoms with van der Waals surface area (Å²) in [6, 6.07) is 9.83. The van der Waals surface area contributed by atoms with Crippen molar-refractivity contribution < 1.29 is 19.8 Å². The van der Waals surface area contributed by atoms with Crippen LogP contribution >= 0.6 is 0 Å². The number of likely N-dealkylation sites (tertiary alicyclic amines) is 1. The zero-order valence-electron chi connectivity index (χ0n) is 17.8. The fraction of sp³-hybridized carbons (Fsp3) is 0.520. The molecule has 0 radical (unpaired) electrons. The Morgan fingerprint density at radius 2 is 1.97 bits per heavy atom. The number of unbranched alkanes of at least 4 members (excludes halogenated alkanes) is 3. The molecule has 5 nitrogen and oxygen atoms in total. The fourth-order valence-electron chi connectivity index (χ4n) is 3.55. The van der Waals surface area contributed by atoms with Gasteiger partial charge in [-0.3, -0.25) is 9.59 Å². The van der Waals surface area contributed by atoms with E-state index in [-0.39, 0.29) is 24.3 Å². The first kappa shape index (κ1) is 23.7. The van der Waals surface area contributed by atoms with Crippen molar-refractivity contribution in [3.63, 3.8) is 0 Å². The van der Waals surface area contributed by atoms with Gasteiger partial charge >= 0.3 is 5.97 Å². The first-order chi connectivity index (χ1) is 14.5. The topological polar surface area (TPSA) is 77.8 Å². The summed E-state index contributed by atoms with van der Waals surface area (Å²) in [5.74, 6) is 5.66. The molecule has 2 rings (SSSR count). The van der Waals surface area contributed by atoms with Gasteiger partial charge in [0.25, 0.3) is 0 Å². The maximum atomic E-state index is 12.2. The average molecular weight is 412 g/mol. The highest BCUT2D eigenvalue weighted by Gasteiger charge is 2.28. The van der Waals surface area contributed by atoms with Crippen LogP contribution in [-0.4, -0.2) is 45.7 Å². The molecule has 162 valence electrons. The Labute approximate surface area is 179 Å². The molecule has 1 unspecified atom stereocenters. The second kappa shape index (κ2) is 12.9. The number of aliphatic hydroxyl groups excluding tert-OH is 1. The zero-order chi connectivity index (χ0) is 21.8. The number of amides is 1. The standard InChI is InChI=1S/C25H33NO4/c1-20(10-9-13-21-11-5-4-6-12-21)23(27)17-15-22-16-18-24(28)26(22)19-8-3-2-7-14-25(29)30/h4-6,11-12,15,17,20,22-23,27H,2-3,7-8,10,14,16,18-19H2,1H3,(H,29,30)/t20-,22?,23-/m1/s1. The molecule has 0 aromatic heterocycles. The highest BCUT2D eigenvalue weighted by molar-refractivity contribution is 5.79. The van der Waals surface area contributed by atoms with Crippen LogP contribution in [0.3, 0.4) is 0 Å². The van der Waals surface area contributed by atoms with Gasteiger partial charge in [0.15, 0.2) is 0 Å². The molecule has 1 aliphatic heterocycles. The van der Waals surface area contributed by atoms with E-state index < -0.39 is 12.1 Å². The smallest absolute Gasteiger partial charge is 0.303 e. The molecule has 1 heterocycles. The second-order valence-corrected chi connectivity index (χ2v) is 7.98. The molecule has 0 aliphatic carbocycles. The Morgan fingerprint density at radius 1 is 1.23 bits per heavy atom. The van der Waals surface area contributed by atoms with Crippen LogP contribution in [0, 0.1) is 17.8 Å². The van der Waals surface area contributed by atoms with E-state index in [9.17, 15) is 14.7 Å². The average Bonchev–Trinajstić information content (AvgIpc) is 3.08. The molecule has 3 atom stereocenters. The lowest BCUT2D eigenvalue weighted by Gasteiger charge is -2.23. The molecule has 0 spiro atoms. The molecule has 1 amide bonds. The highest BCUT2D eigenvalue weighted by atomic mass is 16.4. The van der Waals surface area contributed by atoms with Crippen molar-refractivity contribution in [2.45, 2.75) is 70.4 Å². The van der Waals surface area contributed by atoms with Gasteiger partial charge in [0.2, 0.25) is 5.91 Å². The molecular formula is C25H33NO4. The molecule has 1 saturated heterocycles. The van der Waals surface area contributed by atoms with Gasteiger partial charge in [-0.05, 0) is 37.3 Å². The second-order valence-electron chi connectivity index (χ2n) is 7.98. The Bertz CT molecular complexity index is 762. The quantitative estimate of drug-likeness (QED) is 0.328. The number of carboxylic acid groups (broad SMARTS) is 1. The third kappa shape index (κ3) is 8.42. The summed E-state index contributed by atoms with van der Waals surface area (Å²) in [6.07, 6.45) is 8.66. The summed E-state index contributed by atoms with van der Waals surface area (Å²) in [5, 5.41) is 19.1. The minimum atomic E-state index is -0.756. The first-order valence-electron chi connectivity index (χ1n) is 10.9. The van der Waals surface area contributed by atoms with Crippen LogP contribution in [0.1, 0.15) is 63.9 Å². The van der Waals surface area contributed by atoms with Crippen molar-refractivity contribution in [1.82, 2.24) is 4.90 Å². The number of benzene rings is 1. The van der Waals surface area contributed by atoms with E-state index in [1.165, 1.54) is 0 Å². The lowest BCUT2D eigenvalue weighted by Crippen LogP contribution is -2.33. The van der Waals surface area contributed by atoms with E-state index in [0.29, 0.717) is 25.8 Å². The van der Waals surface area contributed by atoms with Crippen LogP contribution in [0.25, 0.3) is 0 Å². The number of nitrogens with zero attached hydrogens (tertiary/aromatic N) is 1. The van der Waals surface area contributed by atoms with Crippen LogP contribution < -0.4 is 0 Å². The zero-order valence-corrected chi connectivity index (χ0v) is 17.8. The number of rotatable bonds is 11. The van der Waals surface area contributed by atoms with Crippen LogP contribution in [0.5, 0.6) is 0 Å². The van der Waals surface area contributed by atoms with Crippen molar-refractivity contribution >= 4 is 11.9 Å². The molecule has 0 bridgehead atoms. The number of aliphatic hydroxyl groups is 1. The van der Waals surface area contributed by atoms with E-state index in [1.54, 1.807) is 6.08 Å². The molecule has 2 N–H and O–H groups in total. The Hall–Kier alpha value is -2.58. The molecular weight excluding hydrogens is 378 g/mol. The SMILES string of the molecule is C[C@H](CC#Cc1ccccc1)[C@H](O)C=CC1CCC(=O)N1CCCCCCC(=O)O. The van der Waals surface area contributed by atoms with E-state index in [1.807, 2.05) is 48.2 Å². The molecule has 1 aliphatic rings. The third-order valence-electron chi connectivity index (χ3n) is 5.46. The molecule has 0 saturated carbocycles. The maximum Gasteiger partial charge on any atom is 0.303 e. The largest absolute Gasteiger partial charge is 0.481 e. The van der Waals surface area contributed by atoms with Gasteiger partial charge in [0.1, 0.15) is 0 Å². The minimum absolute atomic E-state index is 0.0113. The third-order valence-corrected chi connectivity index (χ3v) is 5.46. The van der Waals surface area contributed by atoms with Crippen molar-refractivity contribution in [2.24, 2.45) is 5.92 Å². The van der Waals surface area contributed by atoms with Crippen molar-refractivity contribution in [3.05, 3.63) is 48.0 Å². The summed E-state index contributed by atoms with van der Waals surface area (Å²) < 4.78 is 0. The normalized spacial score (nSPS) is 18.3. The number of hydrogen-bond acceptors (Lipinski definition) is 3. The summed E-state index contributed by atoms with van der Waals surface area (Å²) in [6.45, 7) is 2.67. The van der Waals surface area contributed by atoms with E-state index in [4.69, 9.17) is 5.11 Å². The number of carboxylic acids is 1. The molecule has 30 heavy (non-hydrogen) atoms. The number of carbonyl (C=O) groups is 2. The molecule has 1 aromatic carbocycles. The highest BCUT2D eigenvalue weighted by Crippen LogP contribution is 2.22. The van der Waals surface area contributed by atoms with E-state index >= 15 is 0 Å². The Morgan fingerprint density at radius 3 is 2.70 bits per heavy atom. The summed E-state index contributed by atoms with van der Waals surface area (Å²) in [4.78, 5) is 24.6. The summed E-state index contributed by atoms with van der Waals surface area (Å²) >= 11 is 0. The summed E-state index contributed by atoms with van der Waals surface area (Å²) in [5.41, 5.74) is 0.970. The first-order valence-corrected chi connectivity index (χ1v) is 10.9. The molecule has 1 aromatic rings. The predicted molar refractivity (Wildman–Crippen MR) is 118 cm³/mol. The number of aliphatic carboxylic acids is 1. The van der Waals surface area contributed by atoms with E-state index in [2.05, 4.69) is 11.8 Å². The van der Waals surface area contributed by atoms with Gasteiger partial charge < -0.3 is 15.1 Å². The lowest BCUT2D eigenvalue weighted by molar-refractivity contribution is -0.137. The minimum Gasteiger partial charge on any atom is -0.481 e. The Kier molecular flexibility index (Phi) is 10.2. The van der Waals surface area contributed by atoms with Crippen LogP contribution in [0.2, 0.25) is 0 Å². The fourth-order valence-corrected chi connectivity index (χ4v) is 3.55. The number of hydrogen-bond donors (Lipinski definition) is 2. The van der Waals surface area contributed by atoms with Crippen LogP contribution in [0.15, 0.2) is 42.5 Å². The monoisotopic (exact) mass is 411 g/mol. The Balaban J connectivity index is 1.76. The van der Waals surface area contributed by atoms with Crippen LogP contribution in [-0.2, 0) is 9.59 Å². The van der Waals surface area contributed by atoms with Gasteiger partial charge in [-0.1, -0.05) is 62.0 Å². The van der Waals surface area contributed by atoms with Gasteiger partial charge in [-0.2, -0.15) is 0 Å². The van der Waals surface area contributed by atoms with Gasteiger partial charge in [0, 0.05) is 31.4 Å². The van der Waals surface area contributed by atoms with Gasteiger partial charge in [0.05, 0.1) is 12.1 Å². The lowest BCUT2D eigenvalue weighted by atomic mass is 9.99. The predicted octanol–water partition coefficient (Wildman–Crippen LogP) is 4.01. The molecule has 5 heteroatoms. The van der Waals surface area contributed by atoms with Crippen LogP contribution in [0.4, 0.5) is 0 Å². The van der Waals surface area contributed by atoms with E-state index in [0.717, 1.165) is 31.2 Å². The van der Waals surface area contributed by atoms with Crippen molar-refractivity contribution in [1.29, 1.82) is 0 Å². The van der Waals surface area contributed by atoms with Gasteiger partial charge in [-0.25, -0.2) is 0 Å².